The molecule has 0 heterocycles. The molecule has 2 atom stereocenters. The zero-order valence-electron chi connectivity index (χ0n) is 8.18. The average Bonchev–Trinajstić information content (AvgIpc) is 1.83. The summed E-state index contributed by atoms with van der Waals surface area (Å²) in [6.07, 6.45) is -0.0490. The van der Waals surface area contributed by atoms with E-state index < -0.39 is 11.7 Å². The van der Waals surface area contributed by atoms with Gasteiger partial charge >= 0.3 is 0 Å². The summed E-state index contributed by atoms with van der Waals surface area (Å²) >= 11 is 0. The second kappa shape index (κ2) is 3.11. The van der Waals surface area contributed by atoms with E-state index in [0.29, 0.717) is 6.42 Å². The van der Waals surface area contributed by atoms with Gasteiger partial charge in [0.1, 0.15) is 0 Å². The molecule has 0 aromatic rings. The molecule has 0 amide bonds. The highest BCUT2D eigenvalue weighted by atomic mass is 16.3. The molecule has 0 aliphatic heterocycles. The van der Waals surface area contributed by atoms with Gasteiger partial charge in [0.05, 0.1) is 11.7 Å². The van der Waals surface area contributed by atoms with Gasteiger partial charge in [-0.15, -0.1) is 0 Å². The molecule has 0 aromatic heterocycles. The smallest absolute Gasteiger partial charge is 0.0925 e. The lowest BCUT2D eigenvalue weighted by molar-refractivity contribution is -0.129. The highest BCUT2D eigenvalue weighted by molar-refractivity contribution is 4.91. The van der Waals surface area contributed by atoms with Crippen LogP contribution in [0.2, 0.25) is 0 Å². The van der Waals surface area contributed by atoms with Gasteiger partial charge in [0.15, 0.2) is 0 Å². The van der Waals surface area contributed by atoms with E-state index in [4.69, 9.17) is 0 Å². The lowest BCUT2D eigenvalue weighted by atomic mass is 9.74. The molecular formula is C9H20O2. The first-order chi connectivity index (χ1) is 4.73. The van der Waals surface area contributed by atoms with Crippen LogP contribution in [0.15, 0.2) is 0 Å². The molecule has 0 spiro atoms. The second-order valence-electron chi connectivity index (χ2n) is 4.32. The molecule has 0 saturated heterocycles. The van der Waals surface area contributed by atoms with E-state index in [-0.39, 0.29) is 5.41 Å². The van der Waals surface area contributed by atoms with Crippen molar-refractivity contribution in [1.29, 1.82) is 0 Å². The van der Waals surface area contributed by atoms with Crippen molar-refractivity contribution < 1.29 is 10.2 Å². The van der Waals surface area contributed by atoms with Crippen LogP contribution in [0.4, 0.5) is 0 Å². The fourth-order valence-corrected chi connectivity index (χ4v) is 0.897. The van der Waals surface area contributed by atoms with Crippen LogP contribution in [-0.4, -0.2) is 21.9 Å². The average molecular weight is 160 g/mol. The Morgan fingerprint density at radius 2 is 1.55 bits per heavy atom. The van der Waals surface area contributed by atoms with Crippen molar-refractivity contribution in [2.24, 2.45) is 5.41 Å². The summed E-state index contributed by atoms with van der Waals surface area (Å²) in [6.45, 7) is 9.32. The first kappa shape index (κ1) is 10.9. The summed E-state index contributed by atoms with van der Waals surface area (Å²) in [5.74, 6) is 0. The predicted octanol–water partition coefficient (Wildman–Crippen LogP) is 1.55. The third kappa shape index (κ3) is 2.17. The molecular weight excluding hydrogens is 140 g/mol. The lowest BCUT2D eigenvalue weighted by Gasteiger charge is -2.40. The molecule has 2 nitrogen and oxygen atoms in total. The van der Waals surface area contributed by atoms with Crippen LogP contribution < -0.4 is 0 Å². The second-order valence-corrected chi connectivity index (χ2v) is 4.32. The largest absolute Gasteiger partial charge is 0.390 e. The molecule has 0 saturated carbocycles. The Balaban J connectivity index is 4.45. The first-order valence-corrected chi connectivity index (χ1v) is 4.14. The van der Waals surface area contributed by atoms with Gasteiger partial charge in [0, 0.05) is 0 Å². The van der Waals surface area contributed by atoms with Gasteiger partial charge in [-0.3, -0.25) is 0 Å². The number of hydrogen-bond acceptors (Lipinski definition) is 2. The van der Waals surface area contributed by atoms with Crippen LogP contribution in [-0.2, 0) is 0 Å². The highest BCUT2D eigenvalue weighted by Gasteiger charge is 2.40. The fourth-order valence-electron chi connectivity index (χ4n) is 0.897. The zero-order valence-corrected chi connectivity index (χ0v) is 8.18. The van der Waals surface area contributed by atoms with Crippen molar-refractivity contribution in [1.82, 2.24) is 0 Å². The fraction of sp³-hybridized carbons (Fsp3) is 1.00. The standard InChI is InChI=1S/C9H20O2/c1-6-7(10)9(5,11)8(2,3)4/h7,10-11H,6H2,1-5H3. The Morgan fingerprint density at radius 3 is 1.64 bits per heavy atom. The van der Waals surface area contributed by atoms with E-state index in [9.17, 15) is 10.2 Å². The summed E-state index contributed by atoms with van der Waals surface area (Å²) in [4.78, 5) is 0. The van der Waals surface area contributed by atoms with Crippen LogP contribution in [0.3, 0.4) is 0 Å². The van der Waals surface area contributed by atoms with Crippen molar-refractivity contribution >= 4 is 0 Å². The molecule has 11 heavy (non-hydrogen) atoms. The summed E-state index contributed by atoms with van der Waals surface area (Å²) < 4.78 is 0. The van der Waals surface area contributed by atoms with E-state index in [1.54, 1.807) is 6.92 Å². The number of hydrogen-bond donors (Lipinski definition) is 2. The molecule has 0 bridgehead atoms. The summed E-state index contributed by atoms with van der Waals surface area (Å²) in [6, 6.07) is 0. The van der Waals surface area contributed by atoms with Gasteiger partial charge < -0.3 is 10.2 Å². The van der Waals surface area contributed by atoms with E-state index in [0.717, 1.165) is 0 Å². The SMILES string of the molecule is CCC(O)C(C)(O)C(C)(C)C. The predicted molar refractivity (Wildman–Crippen MR) is 46.4 cm³/mol. The van der Waals surface area contributed by atoms with Gasteiger partial charge in [-0.05, 0) is 18.8 Å². The van der Waals surface area contributed by atoms with Gasteiger partial charge in [0.2, 0.25) is 0 Å². The Morgan fingerprint density at radius 1 is 1.18 bits per heavy atom. The number of aliphatic hydroxyl groups excluding tert-OH is 1. The van der Waals surface area contributed by atoms with E-state index >= 15 is 0 Å². The minimum Gasteiger partial charge on any atom is -0.390 e. The van der Waals surface area contributed by atoms with Gasteiger partial charge in [-0.25, -0.2) is 0 Å². The third-order valence-electron chi connectivity index (χ3n) is 2.55. The van der Waals surface area contributed by atoms with E-state index in [2.05, 4.69) is 0 Å². The van der Waals surface area contributed by atoms with E-state index in [1.807, 2.05) is 27.7 Å². The molecule has 0 aliphatic carbocycles. The minimum atomic E-state index is -0.998. The summed E-state index contributed by atoms with van der Waals surface area (Å²) in [7, 11) is 0. The van der Waals surface area contributed by atoms with Crippen LogP contribution in [0.1, 0.15) is 41.0 Å². The molecule has 0 aliphatic rings. The minimum absolute atomic E-state index is 0.275. The summed E-state index contributed by atoms with van der Waals surface area (Å²) in [5, 5.41) is 19.3. The maximum absolute atomic E-state index is 9.87. The Labute approximate surface area is 69.2 Å². The Hall–Kier alpha value is -0.0800. The molecule has 0 rings (SSSR count). The van der Waals surface area contributed by atoms with Crippen molar-refractivity contribution in [3.8, 4) is 0 Å². The zero-order chi connectivity index (χ0) is 9.28. The van der Waals surface area contributed by atoms with Crippen LogP contribution in [0, 0.1) is 5.41 Å². The molecule has 0 radical (unpaired) electrons. The number of aliphatic hydroxyl groups is 2. The third-order valence-corrected chi connectivity index (χ3v) is 2.55. The molecule has 2 unspecified atom stereocenters. The van der Waals surface area contributed by atoms with Gasteiger partial charge in [-0.2, -0.15) is 0 Å². The topological polar surface area (TPSA) is 40.5 Å². The van der Waals surface area contributed by atoms with Gasteiger partial charge in [0.25, 0.3) is 0 Å². The molecule has 2 heteroatoms. The molecule has 0 fully saturated rings. The molecule has 68 valence electrons. The molecule has 0 aromatic carbocycles. The summed E-state index contributed by atoms with van der Waals surface area (Å²) in [5.41, 5.74) is -1.27. The van der Waals surface area contributed by atoms with Gasteiger partial charge in [-0.1, -0.05) is 27.7 Å². The maximum atomic E-state index is 9.87. The van der Waals surface area contributed by atoms with Crippen LogP contribution >= 0.6 is 0 Å². The Kier molecular flexibility index (Phi) is 3.09. The van der Waals surface area contributed by atoms with Crippen molar-refractivity contribution in [2.75, 3.05) is 0 Å². The lowest BCUT2D eigenvalue weighted by Crippen LogP contribution is -2.49. The van der Waals surface area contributed by atoms with Crippen LogP contribution in [0.25, 0.3) is 0 Å². The maximum Gasteiger partial charge on any atom is 0.0925 e. The number of rotatable bonds is 2. The monoisotopic (exact) mass is 160 g/mol. The highest BCUT2D eigenvalue weighted by Crippen LogP contribution is 2.33. The Bertz CT molecular complexity index is 122. The van der Waals surface area contributed by atoms with Crippen LogP contribution in [0.5, 0.6) is 0 Å². The molecule has 2 N–H and O–H groups in total. The quantitative estimate of drug-likeness (QED) is 0.643. The van der Waals surface area contributed by atoms with Crippen molar-refractivity contribution in [3.63, 3.8) is 0 Å². The normalized spacial score (nSPS) is 21.0. The van der Waals surface area contributed by atoms with Crippen molar-refractivity contribution in [3.05, 3.63) is 0 Å². The van der Waals surface area contributed by atoms with Crippen molar-refractivity contribution in [2.45, 2.75) is 52.7 Å². The first-order valence-electron chi connectivity index (χ1n) is 4.14. The van der Waals surface area contributed by atoms with E-state index in [1.165, 1.54) is 0 Å².